The summed E-state index contributed by atoms with van der Waals surface area (Å²) in [6.07, 6.45) is 0. The van der Waals surface area contributed by atoms with E-state index in [1.54, 1.807) is 17.8 Å². The maximum absolute atomic E-state index is 12.4. The van der Waals surface area contributed by atoms with Crippen LogP contribution in [0.3, 0.4) is 0 Å². The lowest BCUT2D eigenvalue weighted by Gasteiger charge is -2.07. The summed E-state index contributed by atoms with van der Waals surface area (Å²) in [6, 6.07) is 25.0. The van der Waals surface area contributed by atoms with Gasteiger partial charge >= 0.3 is 0 Å². The van der Waals surface area contributed by atoms with Crippen molar-refractivity contribution < 1.29 is 4.79 Å². The highest BCUT2D eigenvalue weighted by Crippen LogP contribution is 2.31. The monoisotopic (exact) mass is 338 g/mol. The molecular weight excluding hydrogens is 324 g/mol. The van der Waals surface area contributed by atoms with E-state index in [1.165, 1.54) is 5.56 Å². The number of hydrogen-bond acceptors (Lipinski definition) is 2. The van der Waals surface area contributed by atoms with Gasteiger partial charge in [-0.1, -0.05) is 72.3 Å². The molecule has 1 nitrogen and oxygen atoms in total. The lowest BCUT2D eigenvalue weighted by atomic mass is 10.0. The van der Waals surface area contributed by atoms with Crippen LogP contribution >= 0.6 is 23.4 Å². The number of carbonyl (C=O) groups is 1. The molecule has 0 heterocycles. The molecule has 0 radical (unpaired) electrons. The molecule has 23 heavy (non-hydrogen) atoms. The number of benzene rings is 3. The highest BCUT2D eigenvalue weighted by molar-refractivity contribution is 7.98. The lowest BCUT2D eigenvalue weighted by molar-refractivity contribution is 0.103. The van der Waals surface area contributed by atoms with Crippen LogP contribution in [0.5, 0.6) is 0 Å². The lowest BCUT2D eigenvalue weighted by Crippen LogP contribution is -2.00. The van der Waals surface area contributed by atoms with Gasteiger partial charge in [-0.2, -0.15) is 0 Å². The van der Waals surface area contributed by atoms with Crippen molar-refractivity contribution in [2.75, 3.05) is 0 Å². The first-order valence-electron chi connectivity index (χ1n) is 7.30. The summed E-state index contributed by atoms with van der Waals surface area (Å²) in [5, 5.41) is 0.618. The zero-order valence-corrected chi connectivity index (χ0v) is 14.0. The Bertz CT molecular complexity index is 800. The molecule has 0 aliphatic carbocycles. The molecule has 0 atom stereocenters. The first-order valence-corrected chi connectivity index (χ1v) is 8.66. The standard InChI is InChI=1S/C20H15ClOS/c21-18-13-17(20(22)16-9-5-2-6-10-16)11-12-19(18)23-14-15-7-3-1-4-8-15/h1-13H,14H2. The Kier molecular flexibility index (Phi) is 5.16. The van der Waals surface area contributed by atoms with Gasteiger partial charge in [0.2, 0.25) is 0 Å². The van der Waals surface area contributed by atoms with Gasteiger partial charge in [-0.15, -0.1) is 11.8 Å². The van der Waals surface area contributed by atoms with E-state index in [2.05, 4.69) is 12.1 Å². The van der Waals surface area contributed by atoms with E-state index in [0.717, 1.165) is 10.6 Å². The van der Waals surface area contributed by atoms with Crippen LogP contribution in [0.4, 0.5) is 0 Å². The van der Waals surface area contributed by atoms with Crippen molar-refractivity contribution in [3.05, 3.63) is 101 Å². The van der Waals surface area contributed by atoms with E-state index < -0.39 is 0 Å². The smallest absolute Gasteiger partial charge is 0.193 e. The molecule has 0 amide bonds. The predicted molar refractivity (Wildman–Crippen MR) is 97.3 cm³/mol. The van der Waals surface area contributed by atoms with Gasteiger partial charge in [-0.05, 0) is 23.8 Å². The molecule has 3 heteroatoms. The van der Waals surface area contributed by atoms with Crippen molar-refractivity contribution in [2.45, 2.75) is 10.6 Å². The minimum atomic E-state index is -0.00731. The topological polar surface area (TPSA) is 17.1 Å². The Balaban J connectivity index is 1.74. The molecule has 0 aliphatic heterocycles. The second-order valence-electron chi connectivity index (χ2n) is 5.11. The van der Waals surface area contributed by atoms with E-state index >= 15 is 0 Å². The fourth-order valence-electron chi connectivity index (χ4n) is 2.25. The molecule has 0 aliphatic rings. The molecule has 3 aromatic rings. The molecule has 0 bridgehead atoms. The Morgan fingerprint density at radius 2 is 1.48 bits per heavy atom. The van der Waals surface area contributed by atoms with Gasteiger partial charge in [-0.3, -0.25) is 4.79 Å². The Hall–Kier alpha value is -2.03. The normalized spacial score (nSPS) is 10.5. The minimum absolute atomic E-state index is 0.00731. The molecule has 0 fully saturated rings. The quantitative estimate of drug-likeness (QED) is 0.428. The largest absolute Gasteiger partial charge is 0.289 e. The Labute approximate surface area is 145 Å². The Morgan fingerprint density at radius 3 is 2.13 bits per heavy atom. The molecule has 114 valence electrons. The average Bonchev–Trinajstić information content (AvgIpc) is 2.61. The summed E-state index contributed by atoms with van der Waals surface area (Å²) in [4.78, 5) is 13.4. The summed E-state index contributed by atoms with van der Waals surface area (Å²) < 4.78 is 0. The number of hydrogen-bond donors (Lipinski definition) is 0. The zero-order valence-electron chi connectivity index (χ0n) is 12.4. The van der Waals surface area contributed by atoms with Gasteiger partial charge in [0.25, 0.3) is 0 Å². The van der Waals surface area contributed by atoms with Gasteiger partial charge < -0.3 is 0 Å². The number of rotatable bonds is 5. The van der Waals surface area contributed by atoms with Gasteiger partial charge in [-0.25, -0.2) is 0 Å². The van der Waals surface area contributed by atoms with Crippen LogP contribution < -0.4 is 0 Å². The molecule has 0 saturated carbocycles. The molecule has 0 N–H and O–H groups in total. The SMILES string of the molecule is O=C(c1ccccc1)c1ccc(SCc2ccccc2)c(Cl)c1. The van der Waals surface area contributed by atoms with Crippen molar-refractivity contribution in [2.24, 2.45) is 0 Å². The van der Waals surface area contributed by atoms with Crippen molar-refractivity contribution in [3.8, 4) is 0 Å². The highest BCUT2D eigenvalue weighted by atomic mass is 35.5. The third-order valence-corrected chi connectivity index (χ3v) is 5.04. The fourth-order valence-corrected chi connectivity index (χ4v) is 3.47. The first kappa shape index (κ1) is 15.9. The van der Waals surface area contributed by atoms with Gasteiger partial charge in [0.1, 0.15) is 0 Å². The molecular formula is C20H15ClOS. The molecule has 0 unspecified atom stereocenters. The maximum atomic E-state index is 12.4. The third kappa shape index (κ3) is 4.04. The first-order chi connectivity index (χ1) is 11.2. The number of thioether (sulfide) groups is 1. The predicted octanol–water partition coefficient (Wildman–Crippen LogP) is 5.86. The van der Waals surface area contributed by atoms with Crippen LogP contribution in [-0.4, -0.2) is 5.78 Å². The van der Waals surface area contributed by atoms with E-state index in [4.69, 9.17) is 11.6 Å². The van der Waals surface area contributed by atoms with Gasteiger partial charge in [0.05, 0.1) is 5.02 Å². The van der Waals surface area contributed by atoms with Gasteiger partial charge in [0.15, 0.2) is 5.78 Å². The minimum Gasteiger partial charge on any atom is -0.289 e. The maximum Gasteiger partial charge on any atom is 0.193 e. The fraction of sp³-hybridized carbons (Fsp3) is 0.0500. The number of ketones is 1. The molecule has 3 rings (SSSR count). The summed E-state index contributed by atoms with van der Waals surface area (Å²) in [7, 11) is 0. The molecule has 3 aromatic carbocycles. The van der Waals surface area contributed by atoms with Crippen molar-refractivity contribution >= 4 is 29.1 Å². The van der Waals surface area contributed by atoms with Crippen LogP contribution in [0.1, 0.15) is 21.5 Å². The molecule has 0 aromatic heterocycles. The van der Waals surface area contributed by atoms with E-state index in [0.29, 0.717) is 16.1 Å². The summed E-state index contributed by atoms with van der Waals surface area (Å²) in [5.74, 6) is 0.846. The van der Waals surface area contributed by atoms with Crippen molar-refractivity contribution in [1.82, 2.24) is 0 Å². The second kappa shape index (κ2) is 7.49. The van der Waals surface area contributed by atoms with Crippen LogP contribution in [0.15, 0.2) is 83.8 Å². The summed E-state index contributed by atoms with van der Waals surface area (Å²) in [5.41, 5.74) is 2.54. The Morgan fingerprint density at radius 1 is 0.826 bits per heavy atom. The highest BCUT2D eigenvalue weighted by Gasteiger charge is 2.11. The second-order valence-corrected chi connectivity index (χ2v) is 6.54. The summed E-state index contributed by atoms with van der Waals surface area (Å²) in [6.45, 7) is 0. The van der Waals surface area contributed by atoms with Gasteiger partial charge in [0, 0.05) is 21.8 Å². The zero-order chi connectivity index (χ0) is 16.1. The van der Waals surface area contributed by atoms with Crippen LogP contribution in [0.25, 0.3) is 0 Å². The van der Waals surface area contributed by atoms with E-state index in [9.17, 15) is 4.79 Å². The van der Waals surface area contributed by atoms with Crippen LogP contribution in [0.2, 0.25) is 5.02 Å². The molecule has 0 saturated heterocycles. The van der Waals surface area contributed by atoms with Crippen molar-refractivity contribution in [1.29, 1.82) is 0 Å². The third-order valence-electron chi connectivity index (χ3n) is 3.47. The van der Waals surface area contributed by atoms with Crippen LogP contribution in [-0.2, 0) is 5.75 Å². The van der Waals surface area contributed by atoms with E-state index in [1.807, 2.05) is 60.7 Å². The number of halogens is 1. The van der Waals surface area contributed by atoms with Crippen molar-refractivity contribution in [3.63, 3.8) is 0 Å². The van der Waals surface area contributed by atoms with E-state index in [-0.39, 0.29) is 5.78 Å². The number of carbonyl (C=O) groups excluding carboxylic acids is 1. The summed E-state index contributed by atoms with van der Waals surface area (Å²) >= 11 is 8.03. The van der Waals surface area contributed by atoms with Crippen LogP contribution in [0, 0.1) is 0 Å². The molecule has 0 spiro atoms. The average molecular weight is 339 g/mol.